The Kier molecular flexibility index (Phi) is 6.29. The zero-order valence-electron chi connectivity index (χ0n) is 20.1. The van der Waals surface area contributed by atoms with Gasteiger partial charge in [-0.15, -0.1) is 11.3 Å². The van der Waals surface area contributed by atoms with Crippen molar-refractivity contribution < 1.29 is 4.39 Å². The van der Waals surface area contributed by atoms with Crippen molar-refractivity contribution in [2.45, 2.75) is 46.6 Å². The number of fused-ring (bicyclic) bond motifs is 2. The van der Waals surface area contributed by atoms with E-state index in [4.69, 9.17) is 16.6 Å². The summed E-state index contributed by atoms with van der Waals surface area (Å²) in [6.45, 7) is 7.21. The van der Waals surface area contributed by atoms with Crippen LogP contribution in [0.5, 0.6) is 0 Å². The van der Waals surface area contributed by atoms with Gasteiger partial charge in [-0.2, -0.15) is 5.26 Å². The van der Waals surface area contributed by atoms with Crippen LogP contribution in [0.4, 0.5) is 9.39 Å². The summed E-state index contributed by atoms with van der Waals surface area (Å²) in [5.74, 6) is 0.294. The number of hydrogen-bond donors (Lipinski definition) is 0. The molecule has 3 nitrogen and oxygen atoms in total. The first-order valence-corrected chi connectivity index (χ1v) is 13.0. The Morgan fingerprint density at radius 1 is 1.23 bits per heavy atom. The van der Waals surface area contributed by atoms with Crippen LogP contribution in [0, 0.1) is 28.5 Å². The molecular formula is C29H27ClFN3S. The Hall–Kier alpha value is -2.94. The highest BCUT2D eigenvalue weighted by atomic mass is 35.5. The van der Waals surface area contributed by atoms with E-state index in [1.54, 1.807) is 23.5 Å². The molecule has 0 fully saturated rings. The molecule has 0 bridgehead atoms. The lowest BCUT2D eigenvalue weighted by atomic mass is 9.72. The molecule has 2 heterocycles. The molecule has 6 heteroatoms. The number of benzene rings is 2. The van der Waals surface area contributed by atoms with Gasteiger partial charge in [-0.1, -0.05) is 56.6 Å². The van der Waals surface area contributed by atoms with Crippen molar-refractivity contribution in [3.05, 3.63) is 86.6 Å². The van der Waals surface area contributed by atoms with Crippen LogP contribution in [-0.2, 0) is 19.4 Å². The van der Waals surface area contributed by atoms with E-state index >= 15 is 0 Å². The summed E-state index contributed by atoms with van der Waals surface area (Å²) in [6.07, 6.45) is 6.87. The van der Waals surface area contributed by atoms with E-state index in [-0.39, 0.29) is 11.2 Å². The Bertz CT molecular complexity index is 1460. The van der Waals surface area contributed by atoms with E-state index in [1.807, 2.05) is 41.2 Å². The summed E-state index contributed by atoms with van der Waals surface area (Å²) in [5.41, 5.74) is 4.52. The van der Waals surface area contributed by atoms with Crippen LogP contribution in [0.3, 0.4) is 0 Å². The highest BCUT2D eigenvalue weighted by Gasteiger charge is 2.32. The Morgan fingerprint density at radius 3 is 2.77 bits per heavy atom. The van der Waals surface area contributed by atoms with E-state index in [0.717, 1.165) is 46.3 Å². The number of nitriles is 1. The smallest absolute Gasteiger partial charge is 0.134 e. The molecule has 0 amide bonds. The van der Waals surface area contributed by atoms with Crippen molar-refractivity contribution in [2.24, 2.45) is 16.3 Å². The molecule has 2 aromatic heterocycles. The summed E-state index contributed by atoms with van der Waals surface area (Å²) < 4.78 is 16.5. The Balaban J connectivity index is 1.50. The zero-order chi connectivity index (χ0) is 24.7. The number of hydrogen-bond acceptors (Lipinski definition) is 3. The normalized spacial score (nSPS) is 16.1. The van der Waals surface area contributed by atoms with E-state index < -0.39 is 0 Å². The van der Waals surface area contributed by atoms with Gasteiger partial charge in [0.2, 0.25) is 0 Å². The number of halogens is 2. The molecule has 0 aliphatic heterocycles. The van der Waals surface area contributed by atoms with E-state index in [9.17, 15) is 9.65 Å². The maximum absolute atomic E-state index is 14.5. The van der Waals surface area contributed by atoms with Crippen molar-refractivity contribution in [1.29, 1.82) is 5.26 Å². The Morgan fingerprint density at radius 2 is 2.03 bits per heavy atom. The van der Waals surface area contributed by atoms with Crippen LogP contribution >= 0.6 is 22.9 Å². The number of nitrogens with zero attached hydrogens (tertiary/aromatic N) is 3. The first-order valence-electron chi connectivity index (χ1n) is 11.9. The minimum atomic E-state index is -0.318. The predicted octanol–water partition coefficient (Wildman–Crippen LogP) is 8.32. The third-order valence-electron chi connectivity index (χ3n) is 7.11. The fourth-order valence-electron chi connectivity index (χ4n) is 5.01. The summed E-state index contributed by atoms with van der Waals surface area (Å²) in [6, 6.07) is 15.2. The maximum atomic E-state index is 14.5. The molecular weight excluding hydrogens is 477 g/mol. The molecule has 0 spiro atoms. The van der Waals surface area contributed by atoms with Gasteiger partial charge in [0.15, 0.2) is 0 Å². The van der Waals surface area contributed by atoms with Crippen molar-refractivity contribution >= 4 is 45.1 Å². The SMILES string of the molecule is CC(C)(C)[C@H]1CCc2c(sc(N=Cc3cn(Cc4c(F)cccc4Cl)c4ccccc34)c2C#N)C1. The van der Waals surface area contributed by atoms with Crippen molar-refractivity contribution in [2.75, 3.05) is 0 Å². The first-order chi connectivity index (χ1) is 16.8. The summed E-state index contributed by atoms with van der Waals surface area (Å²) in [7, 11) is 0. The van der Waals surface area contributed by atoms with Gasteiger partial charge < -0.3 is 4.57 Å². The fraction of sp³-hybridized carbons (Fsp3) is 0.310. The highest BCUT2D eigenvalue weighted by molar-refractivity contribution is 7.16. The number of rotatable bonds is 4. The molecule has 1 atom stereocenters. The van der Waals surface area contributed by atoms with Gasteiger partial charge in [0.05, 0.1) is 12.1 Å². The molecule has 1 aliphatic rings. The molecule has 0 radical (unpaired) electrons. The molecule has 4 aromatic rings. The van der Waals surface area contributed by atoms with Gasteiger partial charge in [0, 0.05) is 44.3 Å². The van der Waals surface area contributed by atoms with Gasteiger partial charge in [-0.05, 0) is 54.4 Å². The number of para-hydroxylation sites is 1. The monoisotopic (exact) mass is 503 g/mol. The van der Waals surface area contributed by atoms with Crippen LogP contribution in [0.1, 0.15) is 54.3 Å². The quantitative estimate of drug-likeness (QED) is 0.258. The molecule has 0 unspecified atom stereocenters. The number of thiophene rings is 1. The molecule has 1 aliphatic carbocycles. The van der Waals surface area contributed by atoms with Crippen molar-refractivity contribution in [3.63, 3.8) is 0 Å². The van der Waals surface area contributed by atoms with Gasteiger partial charge in [0.1, 0.15) is 16.9 Å². The van der Waals surface area contributed by atoms with Crippen LogP contribution in [0.25, 0.3) is 10.9 Å². The van der Waals surface area contributed by atoms with Crippen molar-refractivity contribution in [3.8, 4) is 6.07 Å². The molecule has 0 N–H and O–H groups in total. The topological polar surface area (TPSA) is 41.1 Å². The average molecular weight is 504 g/mol. The second-order valence-corrected chi connectivity index (χ2v) is 11.8. The molecule has 0 saturated carbocycles. The zero-order valence-corrected chi connectivity index (χ0v) is 21.7. The first kappa shape index (κ1) is 23.8. The summed E-state index contributed by atoms with van der Waals surface area (Å²) in [5, 5.41) is 12.1. The lowest BCUT2D eigenvalue weighted by molar-refractivity contribution is 0.218. The second kappa shape index (κ2) is 9.26. The second-order valence-electron chi connectivity index (χ2n) is 10.3. The summed E-state index contributed by atoms with van der Waals surface area (Å²) in [4.78, 5) is 6.10. The average Bonchev–Trinajstić information content (AvgIpc) is 3.36. The highest BCUT2D eigenvalue weighted by Crippen LogP contribution is 2.45. The van der Waals surface area contributed by atoms with Gasteiger partial charge in [-0.25, -0.2) is 9.38 Å². The predicted molar refractivity (Wildman–Crippen MR) is 144 cm³/mol. The molecule has 178 valence electrons. The molecule has 2 aromatic carbocycles. The standard InChI is InChI=1S/C29H27ClFN3S/c1-29(2,3)19-11-12-21-22(14-32)28(35-27(21)13-19)33-15-18-16-34(26-10-5-4-7-20(18)26)17-23-24(30)8-6-9-25(23)31/h4-10,15-16,19H,11-13,17H2,1-3H3/t19-/m0/s1. The third kappa shape index (κ3) is 4.53. The van der Waals surface area contributed by atoms with Gasteiger partial charge in [0.25, 0.3) is 0 Å². The van der Waals surface area contributed by atoms with E-state index in [1.165, 1.54) is 16.5 Å². The van der Waals surface area contributed by atoms with Crippen LogP contribution in [-0.4, -0.2) is 10.8 Å². The van der Waals surface area contributed by atoms with Crippen LogP contribution in [0.15, 0.2) is 53.7 Å². The maximum Gasteiger partial charge on any atom is 0.134 e. The van der Waals surface area contributed by atoms with Crippen LogP contribution < -0.4 is 0 Å². The molecule has 0 saturated heterocycles. The minimum Gasteiger partial charge on any atom is -0.342 e. The van der Waals surface area contributed by atoms with E-state index in [2.05, 4.69) is 26.8 Å². The Labute approximate surface area is 214 Å². The third-order valence-corrected chi connectivity index (χ3v) is 8.63. The summed E-state index contributed by atoms with van der Waals surface area (Å²) >= 11 is 7.94. The lowest BCUT2D eigenvalue weighted by Crippen LogP contribution is -2.26. The largest absolute Gasteiger partial charge is 0.342 e. The van der Waals surface area contributed by atoms with E-state index in [0.29, 0.717) is 23.0 Å². The minimum absolute atomic E-state index is 0.251. The van der Waals surface area contributed by atoms with Crippen LogP contribution in [0.2, 0.25) is 5.02 Å². The van der Waals surface area contributed by atoms with Gasteiger partial charge >= 0.3 is 0 Å². The molecule has 35 heavy (non-hydrogen) atoms. The van der Waals surface area contributed by atoms with Crippen molar-refractivity contribution in [1.82, 2.24) is 4.57 Å². The number of aromatic nitrogens is 1. The molecule has 5 rings (SSSR count). The fourth-order valence-corrected chi connectivity index (χ4v) is 6.45. The van der Waals surface area contributed by atoms with Gasteiger partial charge in [-0.3, -0.25) is 0 Å². The number of aliphatic imine (C=N–C) groups is 1. The lowest BCUT2D eigenvalue weighted by Gasteiger charge is -2.33.